The third kappa shape index (κ3) is 8.92. The average Bonchev–Trinajstić information content (AvgIpc) is 2.92. The minimum atomic E-state index is 0.633. The van der Waals surface area contributed by atoms with E-state index < -0.39 is 0 Å². The molecule has 0 atom stereocenters. The summed E-state index contributed by atoms with van der Waals surface area (Å²) in [5.74, 6) is 0. The number of hydrogen-bond donors (Lipinski definition) is 2. The van der Waals surface area contributed by atoms with E-state index in [0.29, 0.717) is 18.1 Å². The van der Waals surface area contributed by atoms with Crippen molar-refractivity contribution in [1.82, 2.24) is 25.1 Å². The van der Waals surface area contributed by atoms with Crippen LogP contribution in [0.5, 0.6) is 0 Å². The van der Waals surface area contributed by atoms with Crippen LogP contribution in [0.3, 0.4) is 0 Å². The Labute approximate surface area is 232 Å². The van der Waals surface area contributed by atoms with Gasteiger partial charge in [0.05, 0.1) is 17.6 Å². The van der Waals surface area contributed by atoms with Gasteiger partial charge in [-0.25, -0.2) is 0 Å². The number of aromatic nitrogens is 2. The Balaban J connectivity index is 0.000000198. The van der Waals surface area contributed by atoms with Gasteiger partial charge in [-0.15, -0.1) is 0 Å². The predicted octanol–water partition coefficient (Wildman–Crippen LogP) is 4.96. The van der Waals surface area contributed by atoms with Gasteiger partial charge in [-0.1, -0.05) is 13.8 Å². The molecule has 0 bridgehead atoms. The number of nitrogens with one attached hydrogen (secondary N) is 2. The largest absolute Gasteiger partial charge is 0.381 e. The first-order chi connectivity index (χ1) is 18.4. The lowest BCUT2D eigenvalue weighted by molar-refractivity contribution is 0.103. The van der Waals surface area contributed by atoms with Gasteiger partial charge in [-0.05, 0) is 76.6 Å². The van der Waals surface area contributed by atoms with Crippen LogP contribution >= 0.6 is 0 Å². The van der Waals surface area contributed by atoms with Crippen LogP contribution in [0.25, 0.3) is 0 Å². The first-order valence-corrected chi connectivity index (χ1v) is 14.9. The zero-order valence-corrected chi connectivity index (χ0v) is 25.1. The highest BCUT2D eigenvalue weighted by Gasteiger charge is 2.33. The van der Waals surface area contributed by atoms with E-state index in [1.165, 1.54) is 74.4 Å². The number of rotatable bonds is 6. The first-order valence-electron chi connectivity index (χ1n) is 14.9. The van der Waals surface area contributed by atoms with Gasteiger partial charge in [0, 0.05) is 89.1 Å². The Hall–Kier alpha value is -2.22. The molecule has 2 aromatic rings. The number of piperidine rings is 1. The molecule has 3 fully saturated rings. The van der Waals surface area contributed by atoms with E-state index in [-0.39, 0.29) is 0 Å². The van der Waals surface area contributed by atoms with E-state index in [4.69, 9.17) is 0 Å². The van der Waals surface area contributed by atoms with Crippen molar-refractivity contribution in [3.05, 3.63) is 48.0 Å². The van der Waals surface area contributed by atoms with Crippen LogP contribution in [0.4, 0.5) is 11.4 Å². The summed E-state index contributed by atoms with van der Waals surface area (Å²) in [7, 11) is 2.20. The number of aryl methyl sites for hydroxylation is 2. The smallest absolute Gasteiger partial charge is 0.0555 e. The summed E-state index contributed by atoms with van der Waals surface area (Å²) < 4.78 is 0. The summed E-state index contributed by atoms with van der Waals surface area (Å²) in [4.78, 5) is 16.1. The van der Waals surface area contributed by atoms with Crippen molar-refractivity contribution >= 4 is 11.4 Å². The maximum absolute atomic E-state index is 4.29. The minimum Gasteiger partial charge on any atom is -0.381 e. The van der Waals surface area contributed by atoms with E-state index >= 15 is 0 Å². The molecule has 2 N–H and O–H groups in total. The maximum Gasteiger partial charge on any atom is 0.0555 e. The summed E-state index contributed by atoms with van der Waals surface area (Å²) in [6.07, 6.45) is 12.8. The molecule has 1 aliphatic carbocycles. The average molecular weight is 524 g/mol. The number of likely N-dealkylation sites (tertiary alicyclic amines) is 1. The lowest BCUT2D eigenvalue weighted by atomic mass is 9.85. The third-order valence-electron chi connectivity index (χ3n) is 8.07. The monoisotopic (exact) mass is 523 g/mol. The highest BCUT2D eigenvalue weighted by Crippen LogP contribution is 2.29. The third-order valence-corrected chi connectivity index (χ3v) is 8.07. The zero-order chi connectivity index (χ0) is 27.5. The number of pyridine rings is 2. The van der Waals surface area contributed by atoms with Crippen LogP contribution in [0.1, 0.15) is 64.5 Å². The van der Waals surface area contributed by atoms with Crippen molar-refractivity contribution in [2.24, 2.45) is 0 Å². The van der Waals surface area contributed by atoms with Crippen LogP contribution in [0, 0.1) is 13.8 Å². The molecule has 3 aliphatic rings. The highest BCUT2D eigenvalue weighted by atomic mass is 15.2. The Morgan fingerprint density at radius 2 is 1.50 bits per heavy atom. The number of hydrogen-bond acceptors (Lipinski definition) is 7. The summed E-state index contributed by atoms with van der Waals surface area (Å²) in [6.45, 7) is 19.9. The summed E-state index contributed by atoms with van der Waals surface area (Å²) in [6, 6.07) is 7.16. The van der Waals surface area contributed by atoms with Crippen molar-refractivity contribution < 1.29 is 0 Å². The van der Waals surface area contributed by atoms with E-state index in [9.17, 15) is 0 Å². The predicted molar refractivity (Wildman–Crippen MR) is 162 cm³/mol. The number of anilines is 2. The van der Waals surface area contributed by atoms with E-state index in [1.54, 1.807) is 0 Å². The van der Waals surface area contributed by atoms with Crippen LogP contribution in [0.2, 0.25) is 0 Å². The summed E-state index contributed by atoms with van der Waals surface area (Å²) >= 11 is 0. The molecule has 7 nitrogen and oxygen atoms in total. The van der Waals surface area contributed by atoms with E-state index in [1.807, 2.05) is 38.6 Å². The topological polar surface area (TPSA) is 59.6 Å². The standard InChI is InChI=1S/C15H25N3.C14H22N4.C2H6/c1-12(2)18-7-5-14(6-8-18)17(4)15-9-13(3)10-16-11-15;1-11-6-13(10-16-9-11)17-12-7-14(8-12)18-4-2-15-3-5-18;1-2/h9-12,14H,5-8H2,1-4H3;6,9-10,12,14-15,17H,2-5,7-8H2,1H3;1-2H3. The fourth-order valence-corrected chi connectivity index (χ4v) is 5.65. The molecule has 4 heterocycles. The Kier molecular flexibility index (Phi) is 12.3. The molecule has 0 aromatic carbocycles. The molecule has 0 radical (unpaired) electrons. The van der Waals surface area contributed by atoms with Crippen LogP contribution in [0.15, 0.2) is 36.9 Å². The van der Waals surface area contributed by atoms with E-state index in [0.717, 1.165) is 19.1 Å². The van der Waals surface area contributed by atoms with Crippen LogP contribution in [-0.4, -0.2) is 90.3 Å². The molecule has 1 saturated carbocycles. The van der Waals surface area contributed by atoms with Crippen molar-refractivity contribution in [2.75, 3.05) is 56.5 Å². The van der Waals surface area contributed by atoms with Gasteiger partial charge in [-0.3, -0.25) is 14.9 Å². The maximum atomic E-state index is 4.29. The fraction of sp³-hybridized carbons (Fsp3) is 0.677. The van der Waals surface area contributed by atoms with Crippen molar-refractivity contribution in [2.45, 2.75) is 91.4 Å². The zero-order valence-electron chi connectivity index (χ0n) is 25.1. The van der Waals surface area contributed by atoms with Gasteiger partial charge >= 0.3 is 0 Å². The molecule has 2 aromatic heterocycles. The summed E-state index contributed by atoms with van der Waals surface area (Å²) in [5.41, 5.74) is 4.87. The van der Waals surface area contributed by atoms with Gasteiger partial charge in [0.25, 0.3) is 0 Å². The number of nitrogens with zero attached hydrogens (tertiary/aromatic N) is 5. The SMILES string of the molecule is CC.Cc1cncc(N(C)C2CCN(C(C)C)CC2)c1.Cc1cncc(NC2CC(N3CCNCC3)C2)c1. The van der Waals surface area contributed by atoms with Crippen LogP contribution in [-0.2, 0) is 0 Å². The molecular weight excluding hydrogens is 470 g/mol. The second kappa shape index (κ2) is 15.4. The normalized spacial score (nSPS) is 22.4. The molecule has 0 amide bonds. The van der Waals surface area contributed by atoms with Gasteiger partial charge in [0.15, 0.2) is 0 Å². The lowest BCUT2D eigenvalue weighted by Gasteiger charge is -2.45. The van der Waals surface area contributed by atoms with Crippen molar-refractivity contribution in [3.8, 4) is 0 Å². The molecular formula is C31H53N7. The van der Waals surface area contributed by atoms with Gasteiger partial charge in [-0.2, -0.15) is 0 Å². The quantitative estimate of drug-likeness (QED) is 0.555. The van der Waals surface area contributed by atoms with Gasteiger partial charge in [0.1, 0.15) is 0 Å². The minimum absolute atomic E-state index is 0.633. The Morgan fingerprint density at radius 3 is 2.08 bits per heavy atom. The molecule has 2 saturated heterocycles. The van der Waals surface area contributed by atoms with Crippen molar-refractivity contribution in [1.29, 1.82) is 0 Å². The fourth-order valence-electron chi connectivity index (χ4n) is 5.65. The highest BCUT2D eigenvalue weighted by molar-refractivity contribution is 5.46. The first kappa shape index (κ1) is 30.3. The number of piperazine rings is 1. The molecule has 0 spiro atoms. The Morgan fingerprint density at radius 1 is 0.895 bits per heavy atom. The Bertz CT molecular complexity index is 929. The molecule has 38 heavy (non-hydrogen) atoms. The molecule has 212 valence electrons. The molecule has 2 aliphatic heterocycles. The lowest BCUT2D eigenvalue weighted by Crippen LogP contribution is -2.55. The van der Waals surface area contributed by atoms with E-state index in [2.05, 4.69) is 82.2 Å². The molecule has 5 rings (SSSR count). The van der Waals surface area contributed by atoms with Gasteiger partial charge < -0.3 is 20.4 Å². The second-order valence-electron chi connectivity index (χ2n) is 11.2. The second-order valence-corrected chi connectivity index (χ2v) is 11.2. The summed E-state index contributed by atoms with van der Waals surface area (Å²) in [5, 5.41) is 6.99. The molecule has 7 heteroatoms. The van der Waals surface area contributed by atoms with Gasteiger partial charge in [0.2, 0.25) is 0 Å². The van der Waals surface area contributed by atoms with Crippen molar-refractivity contribution in [3.63, 3.8) is 0 Å². The van der Waals surface area contributed by atoms with Crippen LogP contribution < -0.4 is 15.5 Å². The molecule has 0 unspecified atom stereocenters.